The highest BCUT2D eigenvalue weighted by Crippen LogP contribution is 2.19. The lowest BCUT2D eigenvalue weighted by Crippen LogP contribution is -2.30. The molecule has 1 saturated heterocycles. The summed E-state index contributed by atoms with van der Waals surface area (Å²) in [4.78, 5) is 18.0. The van der Waals surface area contributed by atoms with Gasteiger partial charge < -0.3 is 4.90 Å². The predicted molar refractivity (Wildman–Crippen MR) is 67.7 cm³/mol. The molecule has 0 bridgehead atoms. The third kappa shape index (κ3) is 3.43. The van der Waals surface area contributed by atoms with Crippen molar-refractivity contribution < 1.29 is 4.79 Å². The van der Waals surface area contributed by atoms with Crippen LogP contribution in [-0.4, -0.2) is 22.3 Å². The van der Waals surface area contributed by atoms with Crippen molar-refractivity contribution in [2.45, 2.75) is 32.7 Å². The maximum atomic E-state index is 11.9. The van der Waals surface area contributed by atoms with Gasteiger partial charge in [0.05, 0.1) is 12.2 Å². The average Bonchev–Trinajstić information content (AvgIpc) is 2.45. The fourth-order valence-corrected chi connectivity index (χ4v) is 2.25. The molecule has 1 aromatic heterocycles. The van der Waals surface area contributed by atoms with E-state index in [1.54, 1.807) is 12.3 Å². The molecule has 92 valence electrons. The van der Waals surface area contributed by atoms with Gasteiger partial charge in [-0.3, -0.25) is 9.78 Å². The number of pyridine rings is 1. The first-order valence-corrected chi connectivity index (χ1v) is 6.41. The summed E-state index contributed by atoms with van der Waals surface area (Å²) in [5.74, 6) is 0.868. The smallest absolute Gasteiger partial charge is 0.222 e. The van der Waals surface area contributed by atoms with E-state index in [-0.39, 0.29) is 5.91 Å². The summed E-state index contributed by atoms with van der Waals surface area (Å²) in [6, 6.07) is 3.57. The Kier molecular flexibility index (Phi) is 4.00. The molecular weight excluding hydrogens is 236 g/mol. The fourth-order valence-electron chi connectivity index (χ4n) is 2.07. The van der Waals surface area contributed by atoms with Gasteiger partial charge in [-0.2, -0.15) is 0 Å². The molecule has 1 fully saturated rings. The van der Waals surface area contributed by atoms with Crippen molar-refractivity contribution in [2.75, 3.05) is 6.54 Å². The topological polar surface area (TPSA) is 33.2 Å². The first-order valence-electron chi connectivity index (χ1n) is 6.03. The Bertz CT molecular complexity index is 408. The summed E-state index contributed by atoms with van der Waals surface area (Å²) in [6.07, 6.45) is 4.41. The van der Waals surface area contributed by atoms with E-state index in [1.165, 1.54) is 0 Å². The number of amides is 1. The van der Waals surface area contributed by atoms with Crippen molar-refractivity contribution in [3.63, 3.8) is 0 Å². The Hall–Kier alpha value is -1.09. The van der Waals surface area contributed by atoms with Crippen molar-refractivity contribution in [1.29, 1.82) is 0 Å². The highest BCUT2D eigenvalue weighted by molar-refractivity contribution is 6.30. The van der Waals surface area contributed by atoms with Gasteiger partial charge in [-0.05, 0) is 30.9 Å². The van der Waals surface area contributed by atoms with Crippen LogP contribution in [0.4, 0.5) is 0 Å². The Balaban J connectivity index is 2.04. The van der Waals surface area contributed by atoms with Crippen molar-refractivity contribution in [1.82, 2.24) is 9.88 Å². The van der Waals surface area contributed by atoms with E-state index >= 15 is 0 Å². The maximum Gasteiger partial charge on any atom is 0.222 e. The van der Waals surface area contributed by atoms with Crippen LogP contribution in [0.1, 0.15) is 31.9 Å². The van der Waals surface area contributed by atoms with E-state index in [9.17, 15) is 4.79 Å². The first-order chi connectivity index (χ1) is 8.15. The fraction of sp³-hybridized carbons (Fsp3) is 0.538. The van der Waals surface area contributed by atoms with Gasteiger partial charge in [0.1, 0.15) is 0 Å². The summed E-state index contributed by atoms with van der Waals surface area (Å²) in [5.41, 5.74) is 0.861. The van der Waals surface area contributed by atoms with Gasteiger partial charge in [0.15, 0.2) is 0 Å². The van der Waals surface area contributed by atoms with E-state index in [4.69, 9.17) is 11.6 Å². The first kappa shape index (κ1) is 12.4. The van der Waals surface area contributed by atoms with Gasteiger partial charge >= 0.3 is 0 Å². The summed E-state index contributed by atoms with van der Waals surface area (Å²) < 4.78 is 0. The molecule has 0 aliphatic carbocycles. The maximum absolute atomic E-state index is 11.9. The Labute approximate surface area is 107 Å². The molecule has 2 heterocycles. The molecule has 1 aliphatic heterocycles. The Morgan fingerprint density at radius 1 is 1.53 bits per heavy atom. The molecule has 3 nitrogen and oxygen atoms in total. The predicted octanol–water partition coefficient (Wildman–Crippen LogP) is 2.88. The second-order valence-electron chi connectivity index (χ2n) is 4.71. The van der Waals surface area contributed by atoms with Crippen molar-refractivity contribution in [3.8, 4) is 0 Å². The van der Waals surface area contributed by atoms with Gasteiger partial charge in [0, 0.05) is 24.2 Å². The molecule has 0 saturated carbocycles. The van der Waals surface area contributed by atoms with Crippen LogP contribution >= 0.6 is 11.6 Å². The second-order valence-corrected chi connectivity index (χ2v) is 5.15. The average molecular weight is 253 g/mol. The van der Waals surface area contributed by atoms with Crippen molar-refractivity contribution in [3.05, 3.63) is 29.0 Å². The Morgan fingerprint density at radius 2 is 2.35 bits per heavy atom. The third-order valence-electron chi connectivity index (χ3n) is 3.23. The highest BCUT2D eigenvalue weighted by Gasteiger charge is 2.20. The van der Waals surface area contributed by atoms with Gasteiger partial charge in [0.2, 0.25) is 5.91 Å². The van der Waals surface area contributed by atoms with Crippen LogP contribution in [0.5, 0.6) is 0 Å². The van der Waals surface area contributed by atoms with E-state index < -0.39 is 0 Å². The standard InChI is InChI=1S/C13H17ClN2O/c1-10-2-3-13(17)16(7-5-10)9-12-8-11(14)4-6-15-12/h4,6,8,10H,2-3,5,7,9H2,1H3. The minimum atomic E-state index is 0.233. The van der Waals surface area contributed by atoms with Crippen molar-refractivity contribution >= 4 is 17.5 Å². The lowest BCUT2D eigenvalue weighted by Gasteiger charge is -2.20. The number of carbonyl (C=O) groups is 1. The molecule has 1 unspecified atom stereocenters. The SMILES string of the molecule is CC1CCC(=O)N(Cc2cc(Cl)ccn2)CC1. The summed E-state index contributed by atoms with van der Waals surface area (Å²) in [5, 5.41) is 0.672. The van der Waals surface area contributed by atoms with E-state index in [1.807, 2.05) is 11.0 Å². The van der Waals surface area contributed by atoms with Gasteiger partial charge in [-0.15, -0.1) is 0 Å². The molecule has 0 spiro atoms. The van der Waals surface area contributed by atoms with E-state index in [0.717, 1.165) is 25.1 Å². The number of hydrogen-bond donors (Lipinski definition) is 0. The molecule has 4 heteroatoms. The molecule has 1 atom stereocenters. The third-order valence-corrected chi connectivity index (χ3v) is 3.46. The number of halogens is 1. The number of rotatable bonds is 2. The normalized spacial score (nSPS) is 21.4. The van der Waals surface area contributed by atoms with E-state index in [0.29, 0.717) is 23.9 Å². The van der Waals surface area contributed by atoms with Crippen LogP contribution in [0.25, 0.3) is 0 Å². The lowest BCUT2D eigenvalue weighted by atomic mass is 10.0. The highest BCUT2D eigenvalue weighted by atomic mass is 35.5. The number of likely N-dealkylation sites (tertiary alicyclic amines) is 1. The van der Waals surface area contributed by atoms with Crippen molar-refractivity contribution in [2.24, 2.45) is 5.92 Å². The monoisotopic (exact) mass is 252 g/mol. The minimum Gasteiger partial charge on any atom is -0.337 e. The van der Waals surface area contributed by atoms with Crippen LogP contribution in [0.15, 0.2) is 18.3 Å². The molecule has 0 radical (unpaired) electrons. The van der Waals surface area contributed by atoms with Crippen LogP contribution in [0.3, 0.4) is 0 Å². The summed E-state index contributed by atoms with van der Waals surface area (Å²) in [7, 11) is 0. The minimum absolute atomic E-state index is 0.233. The number of hydrogen-bond acceptors (Lipinski definition) is 2. The van der Waals surface area contributed by atoms with Crippen LogP contribution in [0, 0.1) is 5.92 Å². The Morgan fingerprint density at radius 3 is 3.12 bits per heavy atom. The number of carbonyl (C=O) groups excluding carboxylic acids is 1. The molecule has 0 N–H and O–H groups in total. The molecular formula is C13H17ClN2O. The summed E-state index contributed by atoms with van der Waals surface area (Å²) >= 11 is 5.91. The number of aromatic nitrogens is 1. The van der Waals surface area contributed by atoms with Crippen LogP contribution < -0.4 is 0 Å². The second kappa shape index (κ2) is 5.50. The zero-order valence-electron chi connectivity index (χ0n) is 10.0. The van der Waals surface area contributed by atoms with E-state index in [2.05, 4.69) is 11.9 Å². The number of nitrogens with zero attached hydrogens (tertiary/aromatic N) is 2. The zero-order chi connectivity index (χ0) is 12.3. The van der Waals surface area contributed by atoms with Gasteiger partial charge in [0.25, 0.3) is 0 Å². The van der Waals surface area contributed by atoms with Crippen LogP contribution in [-0.2, 0) is 11.3 Å². The molecule has 1 amide bonds. The van der Waals surface area contributed by atoms with Gasteiger partial charge in [-0.25, -0.2) is 0 Å². The largest absolute Gasteiger partial charge is 0.337 e. The lowest BCUT2D eigenvalue weighted by molar-refractivity contribution is -0.131. The quantitative estimate of drug-likeness (QED) is 0.811. The molecule has 0 aromatic carbocycles. The van der Waals surface area contributed by atoms with Gasteiger partial charge in [-0.1, -0.05) is 18.5 Å². The zero-order valence-corrected chi connectivity index (χ0v) is 10.8. The molecule has 1 aliphatic rings. The molecule has 2 rings (SSSR count). The summed E-state index contributed by atoms with van der Waals surface area (Å²) in [6.45, 7) is 3.61. The molecule has 17 heavy (non-hydrogen) atoms. The van der Waals surface area contributed by atoms with Crippen LogP contribution in [0.2, 0.25) is 5.02 Å². The molecule has 1 aromatic rings.